The van der Waals surface area contributed by atoms with E-state index in [4.69, 9.17) is 0 Å². The number of aromatic nitrogens is 1. The third kappa shape index (κ3) is 2.80. The van der Waals surface area contributed by atoms with Crippen LogP contribution in [0.4, 0.5) is 13.2 Å². The van der Waals surface area contributed by atoms with Gasteiger partial charge in [-0.25, -0.2) is 0 Å². The van der Waals surface area contributed by atoms with Gasteiger partial charge in [-0.1, -0.05) is 30.3 Å². The topological polar surface area (TPSA) is 51.1 Å². The summed E-state index contributed by atoms with van der Waals surface area (Å²) < 4.78 is 43.2. The van der Waals surface area contributed by atoms with Crippen LogP contribution < -0.4 is 5.32 Å². The molecule has 1 N–H and O–H groups in total. The number of benzene rings is 2. The summed E-state index contributed by atoms with van der Waals surface area (Å²) in [6.07, 6.45) is -4.22. The van der Waals surface area contributed by atoms with Crippen LogP contribution in [0, 0.1) is 0 Å². The van der Waals surface area contributed by atoms with Gasteiger partial charge in [-0.05, 0) is 30.7 Å². The third-order valence-corrected chi connectivity index (χ3v) is 6.10. The molecule has 0 radical (unpaired) electrons. The summed E-state index contributed by atoms with van der Waals surface area (Å²) in [6, 6.07) is 9.90. The predicted molar refractivity (Wildman–Crippen MR) is 106 cm³/mol. The zero-order valence-corrected chi connectivity index (χ0v) is 16.1. The highest BCUT2D eigenvalue weighted by molar-refractivity contribution is 6.21. The molecule has 0 amide bonds. The van der Waals surface area contributed by atoms with Gasteiger partial charge in [-0.15, -0.1) is 0 Å². The lowest BCUT2D eigenvalue weighted by atomic mass is 9.91. The Hall–Kier alpha value is -2.93. The van der Waals surface area contributed by atoms with E-state index in [2.05, 4.69) is 5.32 Å². The van der Waals surface area contributed by atoms with Crippen molar-refractivity contribution in [2.45, 2.75) is 31.5 Å². The van der Waals surface area contributed by atoms with E-state index >= 15 is 0 Å². The van der Waals surface area contributed by atoms with Gasteiger partial charge in [0.15, 0.2) is 11.6 Å². The van der Waals surface area contributed by atoms with E-state index in [9.17, 15) is 22.8 Å². The molecule has 2 aliphatic heterocycles. The first-order valence-corrected chi connectivity index (χ1v) is 9.97. The van der Waals surface area contributed by atoms with E-state index in [1.54, 1.807) is 36.4 Å². The average Bonchev–Trinajstić information content (AvgIpc) is 2.88. The van der Waals surface area contributed by atoms with Crippen molar-refractivity contribution >= 4 is 22.5 Å². The molecule has 0 aliphatic carbocycles. The van der Waals surface area contributed by atoms with Crippen LogP contribution in [0.2, 0.25) is 0 Å². The first kappa shape index (κ1) is 19.1. The zero-order chi connectivity index (χ0) is 21.0. The second-order valence-electron chi connectivity index (χ2n) is 7.81. The molecule has 3 aromatic rings. The Morgan fingerprint density at radius 1 is 1.03 bits per heavy atom. The zero-order valence-electron chi connectivity index (χ0n) is 16.1. The van der Waals surface area contributed by atoms with Crippen molar-refractivity contribution in [1.82, 2.24) is 9.88 Å². The number of fused-ring (bicyclic) bond motifs is 3. The smallest absolute Gasteiger partial charge is 0.331 e. The summed E-state index contributed by atoms with van der Waals surface area (Å²) in [4.78, 5) is 25.9. The Labute approximate surface area is 170 Å². The summed E-state index contributed by atoms with van der Waals surface area (Å²) in [7, 11) is 0. The van der Waals surface area contributed by atoms with Crippen molar-refractivity contribution in [3.63, 3.8) is 0 Å². The maximum Gasteiger partial charge on any atom is 0.409 e. The summed E-state index contributed by atoms with van der Waals surface area (Å²) in [5, 5.41) is 3.73. The van der Waals surface area contributed by atoms with Crippen LogP contribution in [-0.4, -0.2) is 35.4 Å². The molecule has 0 spiro atoms. The average molecular weight is 412 g/mol. The van der Waals surface area contributed by atoms with Gasteiger partial charge in [0.25, 0.3) is 0 Å². The first-order chi connectivity index (χ1) is 14.4. The van der Waals surface area contributed by atoms with Crippen LogP contribution in [0.1, 0.15) is 50.0 Å². The van der Waals surface area contributed by atoms with Crippen molar-refractivity contribution < 1.29 is 22.8 Å². The van der Waals surface area contributed by atoms with Crippen LogP contribution in [0.3, 0.4) is 0 Å². The number of rotatable bonds is 2. The maximum atomic E-state index is 14.0. The van der Waals surface area contributed by atoms with E-state index in [0.29, 0.717) is 48.1 Å². The highest BCUT2D eigenvalue weighted by atomic mass is 19.4. The third-order valence-electron chi connectivity index (χ3n) is 6.10. The van der Waals surface area contributed by atoms with E-state index in [0.717, 1.165) is 5.56 Å². The van der Waals surface area contributed by atoms with Gasteiger partial charge in [0.1, 0.15) is 6.04 Å². The highest BCUT2D eigenvalue weighted by Crippen LogP contribution is 2.45. The van der Waals surface area contributed by atoms with Crippen molar-refractivity contribution in [3.05, 3.63) is 70.4 Å². The second kappa shape index (κ2) is 6.80. The summed E-state index contributed by atoms with van der Waals surface area (Å²) >= 11 is 0. The van der Waals surface area contributed by atoms with Gasteiger partial charge < -0.3 is 9.88 Å². The van der Waals surface area contributed by atoms with Gasteiger partial charge in [0.05, 0.1) is 5.52 Å². The molecule has 154 valence electrons. The van der Waals surface area contributed by atoms with Crippen LogP contribution in [0.25, 0.3) is 10.9 Å². The van der Waals surface area contributed by atoms with E-state index in [-0.39, 0.29) is 16.9 Å². The lowest BCUT2D eigenvalue weighted by Gasteiger charge is -2.29. The van der Waals surface area contributed by atoms with E-state index in [1.807, 2.05) is 0 Å². The Morgan fingerprint density at radius 2 is 1.77 bits per heavy atom. The normalized spacial score (nSPS) is 18.9. The Kier molecular flexibility index (Phi) is 4.32. The Balaban J connectivity index is 1.86. The monoisotopic (exact) mass is 412 g/mol. The number of nitrogens with one attached hydrogen (secondary N) is 1. The maximum absolute atomic E-state index is 14.0. The SMILES string of the molecule is O=C(c1ccccc1)c1ccc2c3c1c1c(n3C(C(F)(F)F)CC2=O)CCNCC1. The second-order valence-corrected chi connectivity index (χ2v) is 7.81. The van der Waals surface area contributed by atoms with Gasteiger partial charge >= 0.3 is 6.18 Å². The van der Waals surface area contributed by atoms with E-state index < -0.39 is 24.4 Å². The van der Waals surface area contributed by atoms with E-state index in [1.165, 1.54) is 10.6 Å². The Morgan fingerprint density at radius 3 is 2.50 bits per heavy atom. The standard InChI is InChI=1S/C23H19F3N2O2/c24-23(25,26)19-12-18(29)15-6-7-16(22(30)13-4-2-1-3-5-13)20-14-8-10-27-11-9-17(14)28(19)21(15)20/h1-7,19,27H,8-12H2. The molecule has 2 aliphatic rings. The number of nitrogens with zero attached hydrogens (tertiary/aromatic N) is 1. The fraction of sp³-hybridized carbons (Fsp3) is 0.304. The quantitative estimate of drug-likeness (QED) is 0.641. The molecule has 0 fully saturated rings. The molecule has 0 saturated carbocycles. The molecular formula is C23H19F3N2O2. The van der Waals surface area contributed by atoms with Gasteiger partial charge in [0, 0.05) is 47.2 Å². The molecule has 2 aromatic carbocycles. The van der Waals surface area contributed by atoms with Crippen molar-refractivity contribution in [2.75, 3.05) is 13.1 Å². The van der Waals surface area contributed by atoms with Gasteiger partial charge in [-0.3, -0.25) is 9.59 Å². The van der Waals surface area contributed by atoms with Crippen LogP contribution >= 0.6 is 0 Å². The Bertz CT molecular complexity index is 1180. The molecule has 1 aromatic heterocycles. The lowest BCUT2D eigenvalue weighted by Crippen LogP contribution is -2.33. The number of alkyl halides is 3. The molecule has 4 nitrogen and oxygen atoms in total. The number of carbonyl (C=O) groups excluding carboxylic acids is 2. The van der Waals surface area contributed by atoms with Gasteiger partial charge in [0.2, 0.25) is 0 Å². The van der Waals surface area contributed by atoms with Crippen molar-refractivity contribution in [2.24, 2.45) is 0 Å². The lowest BCUT2D eigenvalue weighted by molar-refractivity contribution is -0.166. The molecule has 5 rings (SSSR count). The van der Waals surface area contributed by atoms with Crippen LogP contribution in [0.5, 0.6) is 0 Å². The minimum atomic E-state index is -4.55. The minimum absolute atomic E-state index is 0.249. The fourth-order valence-corrected chi connectivity index (χ4v) is 4.80. The minimum Gasteiger partial charge on any atom is -0.331 e. The van der Waals surface area contributed by atoms with Gasteiger partial charge in [-0.2, -0.15) is 13.2 Å². The van der Waals surface area contributed by atoms with Crippen molar-refractivity contribution in [1.29, 1.82) is 0 Å². The number of halogens is 3. The molecule has 30 heavy (non-hydrogen) atoms. The largest absolute Gasteiger partial charge is 0.409 e. The predicted octanol–water partition coefficient (Wildman–Crippen LogP) is 4.25. The van der Waals surface area contributed by atoms with Crippen LogP contribution in [-0.2, 0) is 12.8 Å². The number of ketones is 2. The molecule has 7 heteroatoms. The number of Topliss-reactive ketones (excluding diaryl/α,β-unsaturated/α-hetero) is 1. The number of hydrogen-bond acceptors (Lipinski definition) is 3. The number of carbonyl (C=O) groups is 2. The molecule has 1 unspecified atom stereocenters. The first-order valence-electron chi connectivity index (χ1n) is 9.97. The molecule has 1 atom stereocenters. The highest BCUT2D eigenvalue weighted by Gasteiger charge is 2.47. The molecular weight excluding hydrogens is 393 g/mol. The summed E-state index contributed by atoms with van der Waals surface area (Å²) in [5.74, 6) is -0.778. The molecule has 0 saturated heterocycles. The summed E-state index contributed by atoms with van der Waals surface area (Å²) in [5.41, 5.74) is 2.70. The number of hydrogen-bond donors (Lipinski definition) is 1. The van der Waals surface area contributed by atoms with Crippen LogP contribution in [0.15, 0.2) is 42.5 Å². The fourth-order valence-electron chi connectivity index (χ4n) is 4.80. The molecule has 3 heterocycles. The van der Waals surface area contributed by atoms with Crippen molar-refractivity contribution in [3.8, 4) is 0 Å². The summed E-state index contributed by atoms with van der Waals surface area (Å²) in [6.45, 7) is 1.17. The molecule has 0 bridgehead atoms.